The molecule has 2 unspecified atom stereocenters. The number of aryl methyl sites for hydroxylation is 1. The molecule has 1 aromatic rings. The Labute approximate surface area is 156 Å². The average Bonchev–Trinajstić information content (AvgIpc) is 3.12. The second-order valence-electron chi connectivity index (χ2n) is 8.69. The summed E-state index contributed by atoms with van der Waals surface area (Å²) in [5, 5.41) is 0. The van der Waals surface area contributed by atoms with Crippen LogP contribution in [-0.4, -0.2) is 0 Å². The molecule has 25 heavy (non-hydrogen) atoms. The van der Waals surface area contributed by atoms with Crippen molar-refractivity contribution in [1.29, 1.82) is 0 Å². The molecule has 0 spiro atoms. The van der Waals surface area contributed by atoms with Crippen LogP contribution in [0.1, 0.15) is 95.1 Å². The van der Waals surface area contributed by atoms with Crippen molar-refractivity contribution < 1.29 is 0 Å². The first-order valence-electron chi connectivity index (χ1n) is 11.0. The molecule has 2 saturated carbocycles. The Morgan fingerprint density at radius 2 is 1.64 bits per heavy atom. The molecule has 2 atom stereocenters. The van der Waals surface area contributed by atoms with Gasteiger partial charge in [0.25, 0.3) is 0 Å². The van der Waals surface area contributed by atoms with Crippen LogP contribution < -0.4 is 0 Å². The SMILES string of the molecule is CC=CCCc1ccc(C2CCC(C3CCC(CCC)C3)CC2)cc1. The van der Waals surface area contributed by atoms with Gasteiger partial charge in [0.1, 0.15) is 0 Å². The highest BCUT2D eigenvalue weighted by Crippen LogP contribution is 2.46. The first-order chi connectivity index (χ1) is 12.3. The molecule has 0 bridgehead atoms. The van der Waals surface area contributed by atoms with Crippen LogP contribution >= 0.6 is 0 Å². The molecule has 138 valence electrons. The Morgan fingerprint density at radius 1 is 0.920 bits per heavy atom. The van der Waals surface area contributed by atoms with Gasteiger partial charge in [-0.15, -0.1) is 0 Å². The third-order valence-electron chi connectivity index (χ3n) is 7.00. The highest BCUT2D eigenvalue weighted by molar-refractivity contribution is 5.26. The molecule has 0 amide bonds. The molecule has 0 nitrogen and oxygen atoms in total. The molecule has 0 aromatic heterocycles. The lowest BCUT2D eigenvalue weighted by Gasteiger charge is -2.32. The molecule has 0 aliphatic heterocycles. The Kier molecular flexibility index (Phi) is 7.20. The Morgan fingerprint density at radius 3 is 2.32 bits per heavy atom. The van der Waals surface area contributed by atoms with Crippen molar-refractivity contribution in [2.24, 2.45) is 17.8 Å². The second-order valence-corrected chi connectivity index (χ2v) is 8.69. The van der Waals surface area contributed by atoms with E-state index in [9.17, 15) is 0 Å². The number of hydrogen-bond acceptors (Lipinski definition) is 0. The van der Waals surface area contributed by atoms with E-state index < -0.39 is 0 Å². The summed E-state index contributed by atoms with van der Waals surface area (Å²) in [5.74, 6) is 3.99. The molecule has 2 aliphatic carbocycles. The van der Waals surface area contributed by atoms with Gasteiger partial charge < -0.3 is 0 Å². The molecule has 0 heteroatoms. The van der Waals surface area contributed by atoms with Crippen molar-refractivity contribution in [3.8, 4) is 0 Å². The minimum atomic E-state index is 0.827. The fourth-order valence-corrected chi connectivity index (χ4v) is 5.51. The predicted octanol–water partition coefficient (Wildman–Crippen LogP) is 7.69. The zero-order valence-electron chi connectivity index (χ0n) is 16.6. The zero-order chi connectivity index (χ0) is 17.5. The van der Waals surface area contributed by atoms with E-state index >= 15 is 0 Å². The topological polar surface area (TPSA) is 0 Å². The van der Waals surface area contributed by atoms with Gasteiger partial charge in [0.2, 0.25) is 0 Å². The summed E-state index contributed by atoms with van der Waals surface area (Å²) >= 11 is 0. The van der Waals surface area contributed by atoms with E-state index in [1.165, 1.54) is 69.8 Å². The van der Waals surface area contributed by atoms with Crippen molar-refractivity contribution in [2.75, 3.05) is 0 Å². The number of allylic oxidation sites excluding steroid dienone is 2. The van der Waals surface area contributed by atoms with E-state index in [1.54, 1.807) is 12.0 Å². The highest BCUT2D eigenvalue weighted by atomic mass is 14.4. The maximum Gasteiger partial charge on any atom is -0.0162 e. The molecule has 2 fully saturated rings. The van der Waals surface area contributed by atoms with Crippen molar-refractivity contribution >= 4 is 0 Å². The molecule has 0 saturated heterocycles. The largest absolute Gasteiger partial charge is 0.0917 e. The maximum atomic E-state index is 2.42. The summed E-state index contributed by atoms with van der Waals surface area (Å²) in [7, 11) is 0. The van der Waals surface area contributed by atoms with Gasteiger partial charge in [-0.2, -0.15) is 0 Å². The fraction of sp³-hybridized carbons (Fsp3) is 0.680. The molecule has 1 aromatic carbocycles. The van der Waals surface area contributed by atoms with Gasteiger partial charge in [0.15, 0.2) is 0 Å². The van der Waals surface area contributed by atoms with Crippen LogP contribution in [-0.2, 0) is 6.42 Å². The van der Waals surface area contributed by atoms with Gasteiger partial charge in [0.05, 0.1) is 0 Å². The van der Waals surface area contributed by atoms with Crippen LogP contribution in [0.2, 0.25) is 0 Å². The summed E-state index contributed by atoms with van der Waals surface area (Å²) < 4.78 is 0. The molecule has 0 heterocycles. The number of benzene rings is 1. The molecular formula is C25H38. The Balaban J connectivity index is 1.46. The van der Waals surface area contributed by atoms with Crippen LogP contribution in [0.25, 0.3) is 0 Å². The van der Waals surface area contributed by atoms with Gasteiger partial charge in [-0.25, -0.2) is 0 Å². The van der Waals surface area contributed by atoms with E-state index in [2.05, 4.69) is 50.3 Å². The highest BCUT2D eigenvalue weighted by Gasteiger charge is 2.33. The van der Waals surface area contributed by atoms with Crippen molar-refractivity contribution in [2.45, 2.75) is 90.4 Å². The van der Waals surface area contributed by atoms with E-state index in [1.807, 2.05) is 0 Å². The lowest BCUT2D eigenvalue weighted by molar-refractivity contribution is 0.229. The van der Waals surface area contributed by atoms with Gasteiger partial charge in [-0.05, 0) is 93.1 Å². The van der Waals surface area contributed by atoms with E-state index in [0.717, 1.165) is 23.7 Å². The minimum absolute atomic E-state index is 0.827. The number of hydrogen-bond donors (Lipinski definition) is 0. The van der Waals surface area contributed by atoms with Crippen molar-refractivity contribution in [3.05, 3.63) is 47.5 Å². The van der Waals surface area contributed by atoms with Crippen LogP contribution in [0.5, 0.6) is 0 Å². The minimum Gasteiger partial charge on any atom is -0.0917 e. The third-order valence-corrected chi connectivity index (χ3v) is 7.00. The monoisotopic (exact) mass is 338 g/mol. The third kappa shape index (κ3) is 5.22. The quantitative estimate of drug-likeness (QED) is 0.447. The van der Waals surface area contributed by atoms with Gasteiger partial charge >= 0.3 is 0 Å². The maximum absolute atomic E-state index is 2.42. The predicted molar refractivity (Wildman–Crippen MR) is 110 cm³/mol. The van der Waals surface area contributed by atoms with Crippen LogP contribution in [0.4, 0.5) is 0 Å². The Bertz CT molecular complexity index is 515. The summed E-state index contributed by atoms with van der Waals surface area (Å²) in [5.41, 5.74) is 3.09. The molecule has 0 radical (unpaired) electrons. The summed E-state index contributed by atoms with van der Waals surface area (Å²) in [6, 6.07) is 9.58. The fourth-order valence-electron chi connectivity index (χ4n) is 5.51. The summed E-state index contributed by atoms with van der Waals surface area (Å²) in [6.07, 6.45) is 20.0. The van der Waals surface area contributed by atoms with Crippen molar-refractivity contribution in [3.63, 3.8) is 0 Å². The Hall–Kier alpha value is -1.04. The normalized spacial score (nSPS) is 30.2. The van der Waals surface area contributed by atoms with Gasteiger partial charge in [-0.1, -0.05) is 62.6 Å². The smallest absolute Gasteiger partial charge is 0.0162 e. The standard InChI is InChI=1S/C25H38/c1-3-5-6-8-20-9-12-22(13-10-20)23-15-17-24(18-16-23)25-14-11-21(19-25)7-4-2/h3,5,9-10,12-13,21,23-25H,4,6-8,11,14-19H2,1-2H3. The zero-order valence-corrected chi connectivity index (χ0v) is 16.6. The lowest BCUT2D eigenvalue weighted by Crippen LogP contribution is -2.19. The summed E-state index contributed by atoms with van der Waals surface area (Å²) in [6.45, 7) is 4.46. The van der Waals surface area contributed by atoms with E-state index in [4.69, 9.17) is 0 Å². The first-order valence-corrected chi connectivity index (χ1v) is 11.0. The number of rotatable bonds is 7. The van der Waals surface area contributed by atoms with Crippen LogP contribution in [0.3, 0.4) is 0 Å². The lowest BCUT2D eigenvalue weighted by atomic mass is 9.73. The molecular weight excluding hydrogens is 300 g/mol. The van der Waals surface area contributed by atoms with Gasteiger partial charge in [0, 0.05) is 0 Å². The average molecular weight is 339 g/mol. The molecule has 0 N–H and O–H groups in total. The van der Waals surface area contributed by atoms with Crippen LogP contribution in [0.15, 0.2) is 36.4 Å². The molecule has 3 rings (SSSR count). The second kappa shape index (κ2) is 9.60. The van der Waals surface area contributed by atoms with E-state index in [-0.39, 0.29) is 0 Å². The van der Waals surface area contributed by atoms with E-state index in [0.29, 0.717) is 0 Å². The van der Waals surface area contributed by atoms with Crippen LogP contribution in [0, 0.1) is 17.8 Å². The van der Waals surface area contributed by atoms with Gasteiger partial charge in [-0.3, -0.25) is 0 Å². The summed E-state index contributed by atoms with van der Waals surface area (Å²) in [4.78, 5) is 0. The van der Waals surface area contributed by atoms with Crippen molar-refractivity contribution in [1.82, 2.24) is 0 Å². The first kappa shape index (κ1) is 18.7. The molecule has 2 aliphatic rings.